The molecule has 0 amide bonds. The van der Waals surface area contributed by atoms with Gasteiger partial charge in [-0.15, -0.1) is 0 Å². The Morgan fingerprint density at radius 1 is 0.652 bits per heavy atom. The van der Waals surface area contributed by atoms with Gasteiger partial charge in [0.1, 0.15) is 0 Å². The van der Waals surface area contributed by atoms with Crippen LogP contribution in [0.1, 0.15) is 95.8 Å². The average Bonchev–Trinajstić information content (AvgIpc) is 2.57. The summed E-state index contributed by atoms with van der Waals surface area (Å²) in [6, 6.07) is 4.96. The smallest absolute Gasteiger partial charge is 0.0237 e. The summed E-state index contributed by atoms with van der Waals surface area (Å²) in [5, 5.41) is 1.69. The van der Waals surface area contributed by atoms with Gasteiger partial charge in [0.05, 0.1) is 0 Å². The Bertz CT molecular complexity index is 422. The van der Waals surface area contributed by atoms with Crippen LogP contribution in [-0.2, 0) is 19.3 Å². The van der Waals surface area contributed by atoms with Crippen molar-refractivity contribution >= 4 is 13.9 Å². The molecule has 1 heteroatoms. The molecule has 0 saturated heterocycles. The maximum Gasteiger partial charge on any atom is -0.0237 e. The maximum absolute atomic E-state index is 2.49. The summed E-state index contributed by atoms with van der Waals surface area (Å²) in [4.78, 5) is 0. The van der Waals surface area contributed by atoms with Gasteiger partial charge in [0.25, 0.3) is 0 Å². The van der Waals surface area contributed by atoms with Gasteiger partial charge in [-0.25, -0.2) is 0 Å². The second kappa shape index (κ2) is 13.0. The third kappa shape index (κ3) is 7.38. The molecule has 0 nitrogen and oxygen atoms in total. The normalized spacial score (nSPS) is 11.7. The van der Waals surface area contributed by atoms with Crippen LogP contribution in [0.2, 0.25) is 0 Å². The highest BCUT2D eigenvalue weighted by Gasteiger charge is 2.12. The van der Waals surface area contributed by atoms with E-state index in [0.717, 1.165) is 8.58 Å². The molecular formula is C22H39P. The number of unbranched alkanes of at least 4 members (excludes halogenated alkanes) is 4. The lowest BCUT2D eigenvalue weighted by Crippen LogP contribution is -2.13. The monoisotopic (exact) mass is 334 g/mol. The van der Waals surface area contributed by atoms with Gasteiger partial charge in [-0.1, -0.05) is 74.1 Å². The van der Waals surface area contributed by atoms with Crippen molar-refractivity contribution in [1.29, 1.82) is 0 Å². The molecule has 0 fully saturated rings. The molecule has 0 spiro atoms. The summed E-state index contributed by atoms with van der Waals surface area (Å²) >= 11 is 0. The Balaban J connectivity index is 3.07. The molecule has 0 radical (unpaired) electrons. The lowest BCUT2D eigenvalue weighted by atomic mass is 9.91. The first-order chi connectivity index (χ1) is 11.3. The van der Waals surface area contributed by atoms with Crippen molar-refractivity contribution in [2.24, 2.45) is 0 Å². The molecule has 0 N–H and O–H groups in total. The molecule has 0 aliphatic carbocycles. The number of benzene rings is 1. The zero-order valence-corrected chi connectivity index (χ0v) is 17.1. The summed E-state index contributed by atoms with van der Waals surface area (Å²) in [6.07, 6.45) is 16.0. The lowest BCUT2D eigenvalue weighted by Gasteiger charge is -2.19. The van der Waals surface area contributed by atoms with Gasteiger partial charge < -0.3 is 0 Å². The van der Waals surface area contributed by atoms with E-state index in [1.165, 1.54) is 76.8 Å². The van der Waals surface area contributed by atoms with E-state index in [9.17, 15) is 0 Å². The van der Waals surface area contributed by atoms with Gasteiger partial charge in [0, 0.05) is 0 Å². The summed E-state index contributed by atoms with van der Waals surface area (Å²) in [7, 11) is 1.02. The Labute approximate surface area is 147 Å². The van der Waals surface area contributed by atoms with Crippen LogP contribution in [0.4, 0.5) is 0 Å². The fourth-order valence-corrected chi connectivity index (χ4v) is 4.70. The maximum atomic E-state index is 2.49. The van der Waals surface area contributed by atoms with Crippen molar-refractivity contribution in [1.82, 2.24) is 0 Å². The molecular weight excluding hydrogens is 295 g/mol. The average molecular weight is 335 g/mol. The predicted molar refractivity (Wildman–Crippen MR) is 110 cm³/mol. The van der Waals surface area contributed by atoms with Crippen molar-refractivity contribution < 1.29 is 0 Å². The molecule has 0 aliphatic heterocycles. The molecule has 1 atom stereocenters. The third-order valence-corrected chi connectivity index (χ3v) is 6.19. The largest absolute Gasteiger partial charge is 0.0901 e. The molecule has 1 unspecified atom stereocenters. The van der Waals surface area contributed by atoms with Crippen molar-refractivity contribution in [3.05, 3.63) is 28.8 Å². The predicted octanol–water partition coefficient (Wildman–Crippen LogP) is 6.82. The number of rotatable bonds is 13. The van der Waals surface area contributed by atoms with Crippen LogP contribution in [0.3, 0.4) is 0 Å². The van der Waals surface area contributed by atoms with E-state index in [0.29, 0.717) is 0 Å². The highest BCUT2D eigenvalue weighted by atomic mass is 31.1. The molecule has 1 aromatic carbocycles. The molecule has 1 rings (SSSR count). The van der Waals surface area contributed by atoms with Gasteiger partial charge in [-0.2, -0.15) is 0 Å². The first kappa shape index (κ1) is 20.7. The van der Waals surface area contributed by atoms with Gasteiger partial charge >= 0.3 is 0 Å². The summed E-state index contributed by atoms with van der Waals surface area (Å²) < 4.78 is 0. The molecule has 132 valence electrons. The van der Waals surface area contributed by atoms with E-state index in [2.05, 4.69) is 39.8 Å². The van der Waals surface area contributed by atoms with E-state index in [1.54, 1.807) is 22.0 Å². The minimum absolute atomic E-state index is 1.02. The van der Waals surface area contributed by atoms with Crippen LogP contribution in [0.25, 0.3) is 0 Å². The molecule has 0 aliphatic rings. The number of aryl methyl sites for hydroxylation is 1. The van der Waals surface area contributed by atoms with Gasteiger partial charge in [-0.05, 0) is 73.1 Å². The van der Waals surface area contributed by atoms with Crippen LogP contribution in [-0.4, -0.2) is 6.16 Å². The summed E-state index contributed by atoms with van der Waals surface area (Å²) in [5.74, 6) is 0. The van der Waals surface area contributed by atoms with E-state index in [-0.39, 0.29) is 0 Å². The Morgan fingerprint density at radius 3 is 1.83 bits per heavy atom. The van der Waals surface area contributed by atoms with Gasteiger partial charge in [-0.3, -0.25) is 0 Å². The molecule has 0 aromatic heterocycles. The minimum Gasteiger partial charge on any atom is -0.0901 e. The van der Waals surface area contributed by atoms with Crippen molar-refractivity contribution in [2.75, 3.05) is 6.16 Å². The fourth-order valence-electron chi connectivity index (χ4n) is 3.21. The second-order valence-corrected chi connectivity index (χ2v) is 8.21. The second-order valence-electron chi connectivity index (χ2n) is 6.82. The Kier molecular flexibility index (Phi) is 11.7. The highest BCUT2D eigenvalue weighted by Crippen LogP contribution is 2.25. The highest BCUT2D eigenvalue weighted by molar-refractivity contribution is 7.47. The van der Waals surface area contributed by atoms with Crippen LogP contribution in [0.5, 0.6) is 0 Å². The van der Waals surface area contributed by atoms with Gasteiger partial charge in [0.15, 0.2) is 0 Å². The third-order valence-electron chi connectivity index (χ3n) is 4.73. The topological polar surface area (TPSA) is 0 Å². The zero-order valence-electron chi connectivity index (χ0n) is 16.1. The molecule has 0 heterocycles. The summed E-state index contributed by atoms with van der Waals surface area (Å²) in [5.41, 5.74) is 5.16. The zero-order chi connectivity index (χ0) is 16.9. The summed E-state index contributed by atoms with van der Waals surface area (Å²) in [6.45, 7) is 9.27. The first-order valence-electron chi connectivity index (χ1n) is 10.2. The molecule has 23 heavy (non-hydrogen) atoms. The van der Waals surface area contributed by atoms with Crippen LogP contribution >= 0.6 is 8.58 Å². The minimum atomic E-state index is 1.02. The SMILES string of the molecule is CCCCPc1ccc(CCCC)c(CCCC)c1CCCC. The van der Waals surface area contributed by atoms with Crippen molar-refractivity contribution in [3.63, 3.8) is 0 Å². The Hall–Kier alpha value is -0.350. The van der Waals surface area contributed by atoms with Crippen molar-refractivity contribution in [2.45, 2.75) is 98.3 Å². The van der Waals surface area contributed by atoms with Crippen molar-refractivity contribution in [3.8, 4) is 0 Å². The van der Waals surface area contributed by atoms with Crippen LogP contribution in [0.15, 0.2) is 12.1 Å². The number of hydrogen-bond donors (Lipinski definition) is 0. The van der Waals surface area contributed by atoms with E-state index in [1.807, 2.05) is 0 Å². The quantitative estimate of drug-likeness (QED) is 0.274. The Morgan fingerprint density at radius 2 is 1.22 bits per heavy atom. The van der Waals surface area contributed by atoms with Crippen LogP contribution in [0, 0.1) is 0 Å². The standard InChI is InChI=1S/C22H39P/c1-5-9-13-19-16-17-22(23-18-12-8-4)21(15-11-7-3)20(19)14-10-6-2/h16-17,23H,5-15,18H2,1-4H3. The first-order valence-corrected chi connectivity index (χ1v) is 11.4. The van der Waals surface area contributed by atoms with E-state index >= 15 is 0 Å². The molecule has 1 aromatic rings. The lowest BCUT2D eigenvalue weighted by molar-refractivity contribution is 0.737. The fraction of sp³-hybridized carbons (Fsp3) is 0.727. The number of hydrogen-bond acceptors (Lipinski definition) is 0. The van der Waals surface area contributed by atoms with E-state index in [4.69, 9.17) is 0 Å². The van der Waals surface area contributed by atoms with E-state index < -0.39 is 0 Å². The van der Waals surface area contributed by atoms with Crippen LogP contribution < -0.4 is 5.30 Å². The molecule has 0 saturated carbocycles. The van der Waals surface area contributed by atoms with Gasteiger partial charge in [0.2, 0.25) is 0 Å². The molecule has 0 bridgehead atoms.